The van der Waals surface area contributed by atoms with Crippen molar-refractivity contribution in [1.82, 2.24) is 15.0 Å². The van der Waals surface area contributed by atoms with Gasteiger partial charge in [0.25, 0.3) is 0 Å². The molecule has 0 fully saturated rings. The van der Waals surface area contributed by atoms with Crippen LogP contribution < -0.4 is 5.73 Å². The number of rotatable bonds is 1. The summed E-state index contributed by atoms with van der Waals surface area (Å²) in [7, 11) is 0. The number of anilines is 1. The quantitative estimate of drug-likeness (QED) is 0.721. The summed E-state index contributed by atoms with van der Waals surface area (Å²) in [5.74, 6) is 0.504. The van der Waals surface area contributed by atoms with Crippen LogP contribution in [0.2, 0.25) is 0 Å². The lowest BCUT2D eigenvalue weighted by Crippen LogP contribution is -1.83. The number of nitrogens with zero attached hydrogens (tertiary/aromatic N) is 3. The van der Waals surface area contributed by atoms with Gasteiger partial charge in [-0.1, -0.05) is 11.3 Å². The second-order valence-corrected chi connectivity index (χ2v) is 3.99. The number of aromatic nitrogens is 3. The van der Waals surface area contributed by atoms with Gasteiger partial charge < -0.3 is 10.2 Å². The molecule has 3 heterocycles. The molecule has 0 unspecified atom stereocenters. The molecule has 0 saturated heterocycles. The number of nitrogen functional groups attached to an aromatic ring is 1. The second-order valence-electron chi connectivity index (χ2n) is 2.93. The van der Waals surface area contributed by atoms with Crippen molar-refractivity contribution in [3.63, 3.8) is 0 Å². The minimum absolute atomic E-state index is 0. The average Bonchev–Trinajstić information content (AvgIpc) is 2.82. The summed E-state index contributed by atoms with van der Waals surface area (Å²) >= 11 is 1.42. The molecule has 0 bridgehead atoms. The van der Waals surface area contributed by atoms with Gasteiger partial charge in [-0.15, -0.1) is 12.4 Å². The monoisotopic (exact) mass is 254 g/mol. The fourth-order valence-electron chi connectivity index (χ4n) is 1.32. The summed E-state index contributed by atoms with van der Waals surface area (Å²) in [5, 5.41) is 0.538. The number of thiazole rings is 1. The number of halogens is 1. The van der Waals surface area contributed by atoms with Crippen LogP contribution in [0.25, 0.3) is 21.8 Å². The van der Waals surface area contributed by atoms with Crippen molar-refractivity contribution in [1.29, 1.82) is 0 Å². The first-order valence-corrected chi connectivity index (χ1v) is 5.06. The minimum Gasteiger partial charge on any atom is -0.443 e. The molecule has 0 spiro atoms. The zero-order valence-electron chi connectivity index (χ0n) is 7.95. The summed E-state index contributed by atoms with van der Waals surface area (Å²) in [6.07, 6.45) is 4.77. The lowest BCUT2D eigenvalue weighted by molar-refractivity contribution is 0.572. The SMILES string of the molecule is Cl.Nc1nc2cnc(-c3ncco3)cc2s1. The maximum Gasteiger partial charge on any atom is 0.245 e. The van der Waals surface area contributed by atoms with Crippen molar-refractivity contribution in [3.05, 3.63) is 24.7 Å². The van der Waals surface area contributed by atoms with Crippen molar-refractivity contribution in [2.45, 2.75) is 0 Å². The van der Waals surface area contributed by atoms with Crippen LogP contribution in [0.4, 0.5) is 5.13 Å². The summed E-state index contributed by atoms with van der Waals surface area (Å²) < 4.78 is 6.14. The Hall–Kier alpha value is -1.66. The van der Waals surface area contributed by atoms with E-state index in [2.05, 4.69) is 15.0 Å². The van der Waals surface area contributed by atoms with Crippen LogP contribution >= 0.6 is 23.7 Å². The van der Waals surface area contributed by atoms with E-state index in [1.165, 1.54) is 17.6 Å². The van der Waals surface area contributed by atoms with E-state index in [1.54, 1.807) is 12.4 Å². The van der Waals surface area contributed by atoms with Gasteiger partial charge in [0.05, 0.1) is 17.1 Å². The highest BCUT2D eigenvalue weighted by atomic mass is 35.5. The number of pyridine rings is 1. The van der Waals surface area contributed by atoms with Crippen LogP contribution in [0.15, 0.2) is 29.1 Å². The number of hydrogen-bond acceptors (Lipinski definition) is 6. The molecule has 0 aliphatic heterocycles. The third kappa shape index (κ3) is 1.72. The van der Waals surface area contributed by atoms with Crippen molar-refractivity contribution in [2.24, 2.45) is 0 Å². The predicted molar refractivity (Wildman–Crippen MR) is 64.6 cm³/mol. The molecule has 82 valence electrons. The smallest absolute Gasteiger partial charge is 0.245 e. The van der Waals surface area contributed by atoms with Crippen LogP contribution in [0.5, 0.6) is 0 Å². The molecular formula is C9H7ClN4OS. The van der Waals surface area contributed by atoms with Crippen LogP contribution in [0, 0.1) is 0 Å². The Balaban J connectivity index is 0.000000963. The molecule has 0 aromatic carbocycles. The summed E-state index contributed by atoms with van der Waals surface area (Å²) in [4.78, 5) is 12.3. The highest BCUT2D eigenvalue weighted by Crippen LogP contribution is 2.26. The number of hydrogen-bond donors (Lipinski definition) is 1. The molecule has 3 aromatic heterocycles. The van der Waals surface area contributed by atoms with Crippen LogP contribution in [-0.4, -0.2) is 15.0 Å². The maximum atomic E-state index is 5.60. The minimum atomic E-state index is 0. The van der Waals surface area contributed by atoms with Crippen LogP contribution in [-0.2, 0) is 0 Å². The van der Waals surface area contributed by atoms with Crippen LogP contribution in [0.1, 0.15) is 0 Å². The third-order valence-corrected chi connectivity index (χ3v) is 2.79. The lowest BCUT2D eigenvalue weighted by Gasteiger charge is -1.92. The van der Waals surface area contributed by atoms with E-state index in [4.69, 9.17) is 10.2 Å². The van der Waals surface area contributed by atoms with Gasteiger partial charge in [0.1, 0.15) is 17.5 Å². The third-order valence-electron chi connectivity index (χ3n) is 1.94. The fraction of sp³-hybridized carbons (Fsp3) is 0. The zero-order chi connectivity index (χ0) is 10.3. The molecule has 0 atom stereocenters. The molecule has 0 aliphatic carbocycles. The number of nitrogens with two attached hydrogens (primary N) is 1. The van der Waals surface area contributed by atoms with Gasteiger partial charge in [0.2, 0.25) is 5.89 Å². The van der Waals surface area contributed by atoms with Crippen molar-refractivity contribution in [3.8, 4) is 11.6 Å². The van der Waals surface area contributed by atoms with E-state index < -0.39 is 0 Å². The Labute approximate surface area is 101 Å². The Morgan fingerprint density at radius 2 is 2.19 bits per heavy atom. The van der Waals surface area contributed by atoms with Gasteiger partial charge in [-0.2, -0.15) is 0 Å². The Morgan fingerprint density at radius 3 is 2.94 bits per heavy atom. The van der Waals surface area contributed by atoms with Gasteiger partial charge in [-0.25, -0.2) is 15.0 Å². The van der Waals surface area contributed by atoms with E-state index in [1.807, 2.05) is 6.07 Å². The van der Waals surface area contributed by atoms with Crippen molar-refractivity contribution >= 4 is 39.1 Å². The fourth-order valence-corrected chi connectivity index (χ4v) is 2.06. The van der Waals surface area contributed by atoms with Crippen LogP contribution in [0.3, 0.4) is 0 Å². The molecule has 2 N–H and O–H groups in total. The van der Waals surface area contributed by atoms with Gasteiger partial charge in [-0.05, 0) is 6.07 Å². The van der Waals surface area contributed by atoms with Gasteiger partial charge >= 0.3 is 0 Å². The largest absolute Gasteiger partial charge is 0.443 e. The predicted octanol–water partition coefficient (Wildman–Crippen LogP) is 2.35. The molecule has 0 radical (unpaired) electrons. The molecule has 0 amide bonds. The molecule has 0 aliphatic rings. The van der Waals surface area contributed by atoms with E-state index >= 15 is 0 Å². The maximum absolute atomic E-state index is 5.60. The zero-order valence-corrected chi connectivity index (χ0v) is 9.59. The Kier molecular flexibility index (Phi) is 2.76. The molecule has 3 rings (SSSR count). The first-order valence-electron chi connectivity index (χ1n) is 4.25. The van der Waals surface area contributed by atoms with Crippen molar-refractivity contribution < 1.29 is 4.42 Å². The molecule has 16 heavy (non-hydrogen) atoms. The van der Waals surface area contributed by atoms with Gasteiger partial charge in [-0.3, -0.25) is 0 Å². The topological polar surface area (TPSA) is 77.8 Å². The summed E-state index contributed by atoms with van der Waals surface area (Å²) in [6.45, 7) is 0. The summed E-state index contributed by atoms with van der Waals surface area (Å²) in [5.41, 5.74) is 7.09. The highest BCUT2D eigenvalue weighted by molar-refractivity contribution is 7.22. The number of oxazole rings is 1. The van der Waals surface area contributed by atoms with Crippen molar-refractivity contribution in [2.75, 3.05) is 5.73 Å². The molecular weight excluding hydrogens is 248 g/mol. The number of fused-ring (bicyclic) bond motifs is 1. The first-order chi connectivity index (χ1) is 7.33. The normalized spacial score (nSPS) is 10.2. The Morgan fingerprint density at radius 1 is 1.31 bits per heavy atom. The summed E-state index contributed by atoms with van der Waals surface area (Å²) in [6, 6.07) is 1.87. The van der Waals surface area contributed by atoms with Gasteiger partial charge in [0, 0.05) is 0 Å². The van der Waals surface area contributed by atoms with Gasteiger partial charge in [0.15, 0.2) is 5.13 Å². The second kappa shape index (κ2) is 4.07. The molecule has 3 aromatic rings. The van der Waals surface area contributed by atoms with E-state index in [0.717, 1.165) is 10.2 Å². The first kappa shape index (κ1) is 10.8. The van der Waals surface area contributed by atoms with E-state index in [9.17, 15) is 0 Å². The molecule has 0 saturated carbocycles. The highest BCUT2D eigenvalue weighted by Gasteiger charge is 2.07. The van der Waals surface area contributed by atoms with E-state index in [-0.39, 0.29) is 12.4 Å². The molecule has 7 heteroatoms. The standard InChI is InChI=1S/C9H6N4OS.ClH/c10-9-13-6-4-12-5(3-7(6)15-9)8-11-1-2-14-8;/h1-4H,(H2,10,13);1H. The Bertz CT molecular complexity index is 607. The molecule has 5 nitrogen and oxygen atoms in total. The average molecular weight is 255 g/mol. The lowest BCUT2D eigenvalue weighted by atomic mass is 10.3. The van der Waals surface area contributed by atoms with E-state index in [0.29, 0.717) is 16.7 Å².